The molecular formula is C19H31FO2. The molecule has 0 amide bonds. The van der Waals surface area contributed by atoms with Crippen molar-refractivity contribution in [1.29, 1.82) is 0 Å². The zero-order valence-corrected chi connectivity index (χ0v) is 14.0. The Morgan fingerprint density at radius 3 is 2.41 bits per heavy atom. The molecule has 4 fully saturated rings. The van der Waals surface area contributed by atoms with Gasteiger partial charge in [-0.05, 0) is 85.9 Å². The molecule has 22 heavy (non-hydrogen) atoms. The van der Waals surface area contributed by atoms with Crippen molar-refractivity contribution in [2.45, 2.75) is 83.6 Å². The Balaban J connectivity index is 1.63. The lowest BCUT2D eigenvalue weighted by Gasteiger charge is -2.61. The Morgan fingerprint density at radius 1 is 0.909 bits per heavy atom. The van der Waals surface area contributed by atoms with Gasteiger partial charge in [-0.15, -0.1) is 0 Å². The Hall–Kier alpha value is -0.150. The monoisotopic (exact) mass is 310 g/mol. The fourth-order valence-electron chi connectivity index (χ4n) is 7.21. The zero-order valence-electron chi connectivity index (χ0n) is 14.0. The lowest BCUT2D eigenvalue weighted by Crippen LogP contribution is -2.56. The minimum Gasteiger partial charge on any atom is -0.393 e. The van der Waals surface area contributed by atoms with Gasteiger partial charge in [0, 0.05) is 0 Å². The van der Waals surface area contributed by atoms with Gasteiger partial charge in [-0.25, -0.2) is 4.39 Å². The predicted octanol–water partition coefficient (Wildman–Crippen LogP) is 3.70. The summed E-state index contributed by atoms with van der Waals surface area (Å²) in [4.78, 5) is 0. The van der Waals surface area contributed by atoms with E-state index >= 15 is 0 Å². The van der Waals surface area contributed by atoms with E-state index in [0.717, 1.165) is 32.1 Å². The Kier molecular flexibility index (Phi) is 3.44. The fourth-order valence-corrected chi connectivity index (χ4v) is 7.21. The molecule has 4 aliphatic rings. The molecule has 9 atom stereocenters. The summed E-state index contributed by atoms with van der Waals surface area (Å²) in [5.41, 5.74) is 0.171. The molecule has 0 unspecified atom stereocenters. The van der Waals surface area contributed by atoms with Crippen LogP contribution in [0.3, 0.4) is 0 Å². The first-order valence-corrected chi connectivity index (χ1v) is 9.36. The first-order chi connectivity index (χ1) is 10.4. The van der Waals surface area contributed by atoms with Gasteiger partial charge in [0.25, 0.3) is 0 Å². The smallest absolute Gasteiger partial charge is 0.126 e. The van der Waals surface area contributed by atoms with E-state index in [1.807, 2.05) is 0 Å². The summed E-state index contributed by atoms with van der Waals surface area (Å²) >= 11 is 0. The van der Waals surface area contributed by atoms with Gasteiger partial charge in [-0.2, -0.15) is 0 Å². The van der Waals surface area contributed by atoms with Gasteiger partial charge in [-0.3, -0.25) is 0 Å². The number of aliphatic hydroxyl groups is 2. The second-order valence-corrected chi connectivity index (χ2v) is 9.32. The summed E-state index contributed by atoms with van der Waals surface area (Å²) in [7, 11) is 0. The highest BCUT2D eigenvalue weighted by Crippen LogP contribution is 2.66. The molecular weight excluding hydrogens is 279 g/mol. The van der Waals surface area contributed by atoms with Crippen molar-refractivity contribution < 1.29 is 14.6 Å². The molecule has 0 aromatic carbocycles. The van der Waals surface area contributed by atoms with Crippen LogP contribution in [-0.2, 0) is 0 Å². The van der Waals surface area contributed by atoms with Crippen molar-refractivity contribution in [3.63, 3.8) is 0 Å². The minimum absolute atomic E-state index is 0.0659. The van der Waals surface area contributed by atoms with E-state index in [0.29, 0.717) is 36.5 Å². The molecule has 3 heteroatoms. The van der Waals surface area contributed by atoms with Crippen molar-refractivity contribution in [1.82, 2.24) is 0 Å². The quantitative estimate of drug-likeness (QED) is 0.716. The topological polar surface area (TPSA) is 40.5 Å². The van der Waals surface area contributed by atoms with Crippen LogP contribution in [0.1, 0.15) is 65.2 Å². The standard InChI is InChI=1S/C19H31FO2/c1-18-8-7-14-12(13(18)5-6-17(18)22)4-3-11-9-16(21)15(20)10-19(11,14)2/h11-17,21-22H,3-10H2,1-2H3/t11-,12-,13-,14-,15-,16-,17-,18-,19-/m0/s1. The first kappa shape index (κ1) is 15.4. The van der Waals surface area contributed by atoms with Gasteiger partial charge in [0.05, 0.1) is 12.2 Å². The highest BCUT2D eigenvalue weighted by Gasteiger charge is 2.61. The summed E-state index contributed by atoms with van der Waals surface area (Å²) in [6, 6.07) is 0. The van der Waals surface area contributed by atoms with Crippen LogP contribution in [0.25, 0.3) is 0 Å². The molecule has 0 heterocycles. The molecule has 4 rings (SSSR count). The predicted molar refractivity (Wildman–Crippen MR) is 84.0 cm³/mol. The summed E-state index contributed by atoms with van der Waals surface area (Å²) in [6.45, 7) is 4.60. The number of halogens is 1. The highest BCUT2D eigenvalue weighted by molar-refractivity contribution is 5.10. The molecule has 0 bridgehead atoms. The van der Waals surface area contributed by atoms with Gasteiger partial charge in [-0.1, -0.05) is 13.8 Å². The third-order valence-electron chi connectivity index (χ3n) is 8.59. The lowest BCUT2D eigenvalue weighted by molar-refractivity contribution is -0.150. The second kappa shape index (κ2) is 4.92. The second-order valence-electron chi connectivity index (χ2n) is 9.32. The molecule has 126 valence electrons. The van der Waals surface area contributed by atoms with Crippen LogP contribution >= 0.6 is 0 Å². The van der Waals surface area contributed by atoms with E-state index in [1.54, 1.807) is 0 Å². The van der Waals surface area contributed by atoms with Crippen molar-refractivity contribution >= 4 is 0 Å². The largest absolute Gasteiger partial charge is 0.393 e. The molecule has 0 radical (unpaired) electrons. The minimum atomic E-state index is -1.04. The lowest BCUT2D eigenvalue weighted by atomic mass is 9.45. The Bertz CT molecular complexity index is 455. The van der Waals surface area contributed by atoms with Crippen molar-refractivity contribution in [3.05, 3.63) is 0 Å². The van der Waals surface area contributed by atoms with Crippen LogP contribution in [0, 0.1) is 34.5 Å². The number of hydrogen-bond acceptors (Lipinski definition) is 2. The maximum atomic E-state index is 14.3. The van der Waals surface area contributed by atoms with Crippen LogP contribution in [0.15, 0.2) is 0 Å². The average molecular weight is 310 g/mol. The Morgan fingerprint density at radius 2 is 1.64 bits per heavy atom. The van der Waals surface area contributed by atoms with Gasteiger partial charge in [0.15, 0.2) is 0 Å². The van der Waals surface area contributed by atoms with Gasteiger partial charge in [0.2, 0.25) is 0 Å². The van der Waals surface area contributed by atoms with Crippen LogP contribution in [0.4, 0.5) is 4.39 Å². The molecule has 2 nitrogen and oxygen atoms in total. The van der Waals surface area contributed by atoms with Crippen molar-refractivity contribution in [2.75, 3.05) is 0 Å². The molecule has 0 aromatic rings. The number of hydrogen-bond donors (Lipinski definition) is 2. The average Bonchev–Trinajstić information content (AvgIpc) is 2.77. The van der Waals surface area contributed by atoms with Gasteiger partial charge >= 0.3 is 0 Å². The van der Waals surface area contributed by atoms with E-state index in [2.05, 4.69) is 13.8 Å². The summed E-state index contributed by atoms with van der Waals surface area (Å²) in [5.74, 6) is 2.38. The van der Waals surface area contributed by atoms with Gasteiger partial charge in [0.1, 0.15) is 6.17 Å². The summed E-state index contributed by atoms with van der Waals surface area (Å²) in [5, 5.41) is 20.4. The van der Waals surface area contributed by atoms with E-state index in [-0.39, 0.29) is 16.9 Å². The van der Waals surface area contributed by atoms with Gasteiger partial charge < -0.3 is 10.2 Å². The number of aliphatic hydroxyl groups excluding tert-OH is 2. The van der Waals surface area contributed by atoms with Crippen LogP contribution in [0.5, 0.6) is 0 Å². The van der Waals surface area contributed by atoms with Crippen LogP contribution in [-0.4, -0.2) is 28.6 Å². The number of fused-ring (bicyclic) bond motifs is 5. The maximum Gasteiger partial charge on any atom is 0.126 e. The van der Waals surface area contributed by atoms with E-state index in [4.69, 9.17) is 0 Å². The first-order valence-electron chi connectivity index (χ1n) is 9.36. The molecule has 0 saturated heterocycles. The number of rotatable bonds is 0. The summed E-state index contributed by atoms with van der Waals surface area (Å²) < 4.78 is 14.3. The number of alkyl halides is 1. The van der Waals surface area contributed by atoms with Crippen LogP contribution < -0.4 is 0 Å². The van der Waals surface area contributed by atoms with Crippen molar-refractivity contribution in [2.24, 2.45) is 34.5 Å². The normalized spacial score (nSPS) is 61.2. The van der Waals surface area contributed by atoms with Crippen molar-refractivity contribution in [3.8, 4) is 0 Å². The summed E-state index contributed by atoms with van der Waals surface area (Å²) in [6.07, 6.45) is 6.01. The SMILES string of the molecule is C[C@]12C[C@H](F)[C@@H](O)C[C@@H]1CC[C@@H]1[C@@H]2CC[C@]2(C)[C@@H](O)CC[C@@H]12. The fraction of sp³-hybridized carbons (Fsp3) is 1.00. The molecule has 0 aromatic heterocycles. The zero-order chi connectivity index (χ0) is 15.7. The van der Waals surface area contributed by atoms with Crippen LogP contribution in [0.2, 0.25) is 0 Å². The van der Waals surface area contributed by atoms with E-state index in [9.17, 15) is 14.6 Å². The molecule has 0 spiro atoms. The maximum absolute atomic E-state index is 14.3. The highest BCUT2D eigenvalue weighted by atomic mass is 19.1. The third-order valence-corrected chi connectivity index (χ3v) is 8.59. The molecule has 0 aliphatic heterocycles. The molecule has 4 aliphatic carbocycles. The van der Waals surface area contributed by atoms with E-state index in [1.165, 1.54) is 6.42 Å². The molecule has 2 N–H and O–H groups in total. The third kappa shape index (κ3) is 1.90. The van der Waals surface area contributed by atoms with E-state index < -0.39 is 12.3 Å². The Labute approximate surface area is 133 Å². The molecule has 4 saturated carbocycles.